The van der Waals surface area contributed by atoms with Gasteiger partial charge in [0.2, 0.25) is 0 Å². The van der Waals surface area contributed by atoms with Crippen molar-refractivity contribution in [3.8, 4) is 0 Å². The van der Waals surface area contributed by atoms with Crippen LogP contribution in [0.2, 0.25) is 0 Å². The van der Waals surface area contributed by atoms with E-state index in [9.17, 15) is 0 Å². The van der Waals surface area contributed by atoms with Gasteiger partial charge in [0, 0.05) is 6.54 Å². The largest absolute Gasteiger partial charge is 0.392 e. The van der Waals surface area contributed by atoms with Crippen LogP contribution in [0.3, 0.4) is 0 Å². The van der Waals surface area contributed by atoms with Gasteiger partial charge in [-0.25, -0.2) is 0 Å². The first-order valence-electron chi connectivity index (χ1n) is 3.70. The molecule has 0 radical (unpaired) electrons. The molecule has 0 saturated carbocycles. The quantitative estimate of drug-likeness (QED) is 0.666. The Morgan fingerprint density at radius 2 is 1.82 bits per heavy atom. The summed E-state index contributed by atoms with van der Waals surface area (Å²) in [7, 11) is 0. The maximum atomic E-state index is 9.02. The lowest BCUT2D eigenvalue weighted by Crippen LogP contribution is -2.26. The number of halogens is 2. The minimum absolute atomic E-state index is 0. The third-order valence-electron chi connectivity index (χ3n) is 1.28. The summed E-state index contributed by atoms with van der Waals surface area (Å²) in [6, 6.07) is 0. The molecule has 0 fully saturated rings. The van der Waals surface area contributed by atoms with Gasteiger partial charge in [-0.2, -0.15) is 0 Å². The van der Waals surface area contributed by atoms with Gasteiger partial charge in [0.25, 0.3) is 0 Å². The Morgan fingerprint density at radius 1 is 1.27 bits per heavy atom. The number of rotatable bonds is 5. The molecular weight excluding hydrogens is 185 g/mol. The standard InChI is InChI=1S/C7H17NO.2ClH/c1-3-5-8-6-7(9)4-2;;/h7-9H,3-6H2,1-2H3;2*1H. The Kier molecular flexibility index (Phi) is 20.9. The van der Waals surface area contributed by atoms with Crippen LogP contribution in [0.1, 0.15) is 26.7 Å². The van der Waals surface area contributed by atoms with E-state index in [1.807, 2.05) is 6.92 Å². The highest BCUT2D eigenvalue weighted by Gasteiger charge is 1.96. The maximum absolute atomic E-state index is 9.02. The lowest BCUT2D eigenvalue weighted by Gasteiger charge is -2.07. The Hall–Kier alpha value is 0.500. The molecule has 0 aliphatic heterocycles. The summed E-state index contributed by atoms with van der Waals surface area (Å²) in [6.45, 7) is 5.85. The Balaban J connectivity index is -0.000000320. The number of hydrogen-bond donors (Lipinski definition) is 2. The summed E-state index contributed by atoms with van der Waals surface area (Å²) in [5, 5.41) is 12.2. The van der Waals surface area contributed by atoms with Crippen LogP contribution in [-0.2, 0) is 0 Å². The number of nitrogens with one attached hydrogen (secondary N) is 1. The van der Waals surface area contributed by atoms with Gasteiger partial charge < -0.3 is 10.4 Å². The first-order chi connectivity index (χ1) is 4.31. The molecule has 4 heteroatoms. The molecule has 72 valence electrons. The molecule has 0 bridgehead atoms. The molecule has 0 saturated heterocycles. The molecule has 1 atom stereocenters. The van der Waals surface area contributed by atoms with Gasteiger partial charge in [-0.1, -0.05) is 13.8 Å². The van der Waals surface area contributed by atoms with Gasteiger partial charge in [-0.3, -0.25) is 0 Å². The van der Waals surface area contributed by atoms with E-state index in [1.165, 1.54) is 0 Å². The molecule has 0 amide bonds. The van der Waals surface area contributed by atoms with E-state index in [0.29, 0.717) is 0 Å². The Bertz CT molecular complexity index is 64.4. The summed E-state index contributed by atoms with van der Waals surface area (Å²) >= 11 is 0. The zero-order valence-electron chi connectivity index (χ0n) is 7.17. The highest BCUT2D eigenvalue weighted by molar-refractivity contribution is 5.85. The lowest BCUT2D eigenvalue weighted by molar-refractivity contribution is 0.167. The van der Waals surface area contributed by atoms with Gasteiger partial charge in [0.05, 0.1) is 6.10 Å². The molecule has 0 aromatic heterocycles. The summed E-state index contributed by atoms with van der Waals surface area (Å²) in [4.78, 5) is 0. The fraction of sp³-hybridized carbons (Fsp3) is 1.00. The molecule has 0 spiro atoms. The molecule has 0 aromatic rings. The second kappa shape index (κ2) is 13.1. The fourth-order valence-electron chi connectivity index (χ4n) is 0.590. The van der Waals surface area contributed by atoms with Gasteiger partial charge in [-0.05, 0) is 19.4 Å². The first-order valence-corrected chi connectivity index (χ1v) is 3.70. The van der Waals surface area contributed by atoms with Crippen molar-refractivity contribution in [2.75, 3.05) is 13.1 Å². The zero-order chi connectivity index (χ0) is 7.11. The van der Waals surface area contributed by atoms with E-state index in [4.69, 9.17) is 5.11 Å². The Morgan fingerprint density at radius 3 is 2.18 bits per heavy atom. The zero-order valence-corrected chi connectivity index (χ0v) is 8.80. The van der Waals surface area contributed by atoms with Crippen LogP contribution in [-0.4, -0.2) is 24.3 Å². The van der Waals surface area contributed by atoms with Crippen LogP contribution >= 0.6 is 24.8 Å². The van der Waals surface area contributed by atoms with Crippen LogP contribution in [0.5, 0.6) is 0 Å². The molecule has 0 heterocycles. The SMILES string of the molecule is CCCNCC(O)CC.Cl.Cl. The van der Waals surface area contributed by atoms with Crippen LogP contribution in [0.4, 0.5) is 0 Å². The normalized spacial score (nSPS) is 11.2. The summed E-state index contributed by atoms with van der Waals surface area (Å²) in [5.74, 6) is 0. The smallest absolute Gasteiger partial charge is 0.0662 e. The van der Waals surface area contributed by atoms with E-state index in [0.717, 1.165) is 25.9 Å². The van der Waals surface area contributed by atoms with Crippen molar-refractivity contribution in [1.29, 1.82) is 0 Å². The fourth-order valence-corrected chi connectivity index (χ4v) is 0.590. The predicted molar refractivity (Wildman–Crippen MR) is 54.0 cm³/mol. The van der Waals surface area contributed by atoms with Crippen molar-refractivity contribution < 1.29 is 5.11 Å². The topological polar surface area (TPSA) is 32.3 Å². The average Bonchev–Trinajstić information content (AvgIpc) is 1.89. The van der Waals surface area contributed by atoms with Crippen LogP contribution in [0, 0.1) is 0 Å². The monoisotopic (exact) mass is 203 g/mol. The predicted octanol–water partition coefficient (Wildman–Crippen LogP) is 1.60. The summed E-state index contributed by atoms with van der Waals surface area (Å²) < 4.78 is 0. The van der Waals surface area contributed by atoms with E-state index in [2.05, 4.69) is 12.2 Å². The number of hydrogen-bond acceptors (Lipinski definition) is 2. The van der Waals surface area contributed by atoms with Crippen molar-refractivity contribution in [3.05, 3.63) is 0 Å². The third-order valence-corrected chi connectivity index (χ3v) is 1.28. The van der Waals surface area contributed by atoms with E-state index in [1.54, 1.807) is 0 Å². The molecular formula is C7H19Cl2NO. The maximum Gasteiger partial charge on any atom is 0.0662 e. The molecule has 0 aliphatic rings. The first kappa shape index (κ1) is 17.5. The highest BCUT2D eigenvalue weighted by Crippen LogP contribution is 1.85. The second-order valence-electron chi connectivity index (χ2n) is 2.27. The molecule has 0 aromatic carbocycles. The second-order valence-corrected chi connectivity index (χ2v) is 2.27. The molecule has 0 aliphatic carbocycles. The van der Waals surface area contributed by atoms with Gasteiger partial charge in [-0.15, -0.1) is 24.8 Å². The minimum atomic E-state index is -0.156. The van der Waals surface area contributed by atoms with Gasteiger partial charge in [0.1, 0.15) is 0 Å². The van der Waals surface area contributed by atoms with Crippen LogP contribution in [0.25, 0.3) is 0 Å². The third kappa shape index (κ3) is 13.5. The highest BCUT2D eigenvalue weighted by atomic mass is 35.5. The minimum Gasteiger partial charge on any atom is -0.392 e. The average molecular weight is 204 g/mol. The van der Waals surface area contributed by atoms with Crippen molar-refractivity contribution >= 4 is 24.8 Å². The Labute approximate surface area is 81.6 Å². The van der Waals surface area contributed by atoms with Crippen molar-refractivity contribution in [3.63, 3.8) is 0 Å². The molecule has 0 rings (SSSR count). The molecule has 1 unspecified atom stereocenters. The molecule has 11 heavy (non-hydrogen) atoms. The van der Waals surface area contributed by atoms with Crippen molar-refractivity contribution in [2.24, 2.45) is 0 Å². The summed E-state index contributed by atoms with van der Waals surface area (Å²) in [6.07, 6.45) is 1.82. The van der Waals surface area contributed by atoms with Crippen LogP contribution < -0.4 is 5.32 Å². The molecule has 2 nitrogen and oxygen atoms in total. The number of aliphatic hydroxyl groups is 1. The number of aliphatic hydroxyl groups excluding tert-OH is 1. The van der Waals surface area contributed by atoms with Gasteiger partial charge >= 0.3 is 0 Å². The summed E-state index contributed by atoms with van der Waals surface area (Å²) in [5.41, 5.74) is 0. The van der Waals surface area contributed by atoms with Crippen molar-refractivity contribution in [1.82, 2.24) is 5.32 Å². The van der Waals surface area contributed by atoms with Crippen molar-refractivity contribution in [2.45, 2.75) is 32.8 Å². The molecule has 2 N–H and O–H groups in total. The van der Waals surface area contributed by atoms with E-state index < -0.39 is 0 Å². The van der Waals surface area contributed by atoms with E-state index in [-0.39, 0.29) is 30.9 Å². The van der Waals surface area contributed by atoms with Crippen LogP contribution in [0.15, 0.2) is 0 Å². The van der Waals surface area contributed by atoms with E-state index >= 15 is 0 Å². The van der Waals surface area contributed by atoms with Gasteiger partial charge in [0.15, 0.2) is 0 Å². The lowest BCUT2D eigenvalue weighted by atomic mass is 10.3.